The molecule has 0 aliphatic rings. The number of carbonyl (C=O) groups excluding carboxylic acids is 1. The highest BCUT2D eigenvalue weighted by Crippen LogP contribution is 2.20. The molecule has 2 N–H and O–H groups in total. The molecule has 1 amide bonds. The number of nitrogens with one attached hydrogen (secondary N) is 1. The maximum Gasteiger partial charge on any atom is 0.270 e. The van der Waals surface area contributed by atoms with E-state index in [0.717, 1.165) is 0 Å². The van der Waals surface area contributed by atoms with Crippen molar-refractivity contribution in [2.45, 2.75) is 19.4 Å². The highest BCUT2D eigenvalue weighted by Gasteiger charge is 2.24. The maximum absolute atomic E-state index is 12.3. The lowest BCUT2D eigenvalue weighted by molar-refractivity contribution is -0.384. The van der Waals surface area contributed by atoms with Crippen molar-refractivity contribution in [3.05, 3.63) is 75.3 Å². The zero-order chi connectivity index (χ0) is 17.0. The number of aryl methyl sites for hydroxylation is 1. The average molecular weight is 314 g/mol. The van der Waals surface area contributed by atoms with E-state index in [1.165, 1.54) is 18.2 Å². The first-order valence-corrected chi connectivity index (χ1v) is 7.12. The van der Waals surface area contributed by atoms with Crippen molar-refractivity contribution >= 4 is 11.6 Å². The summed E-state index contributed by atoms with van der Waals surface area (Å²) in [5.74, 6) is -0.456. The first-order valence-electron chi connectivity index (χ1n) is 7.12. The fourth-order valence-electron chi connectivity index (χ4n) is 2.22. The lowest BCUT2D eigenvalue weighted by atomic mass is 9.96. The second-order valence-electron chi connectivity index (χ2n) is 5.58. The monoisotopic (exact) mass is 314 g/mol. The molecule has 0 aromatic heterocycles. The Bertz CT molecular complexity index is 727. The van der Waals surface area contributed by atoms with E-state index < -0.39 is 16.4 Å². The standard InChI is InChI=1S/C17H18N2O4/c1-12-8-9-14(19(22)23)10-15(12)16(20)18-11-17(2,21)13-6-4-3-5-7-13/h3-10,21H,11H2,1-2H3,(H,18,20). The molecule has 0 saturated heterocycles. The minimum atomic E-state index is -1.23. The third kappa shape index (κ3) is 3.92. The smallest absolute Gasteiger partial charge is 0.270 e. The topological polar surface area (TPSA) is 92.5 Å². The summed E-state index contributed by atoms with van der Waals surface area (Å²) in [4.78, 5) is 22.6. The van der Waals surface area contributed by atoms with Gasteiger partial charge in [0.1, 0.15) is 5.60 Å². The fourth-order valence-corrected chi connectivity index (χ4v) is 2.22. The Morgan fingerprint density at radius 1 is 1.26 bits per heavy atom. The first kappa shape index (κ1) is 16.6. The average Bonchev–Trinajstić information content (AvgIpc) is 2.53. The van der Waals surface area contributed by atoms with Crippen LogP contribution in [0, 0.1) is 17.0 Å². The van der Waals surface area contributed by atoms with Gasteiger partial charge in [-0.3, -0.25) is 14.9 Å². The number of benzene rings is 2. The predicted octanol–water partition coefficient (Wildman–Crippen LogP) is 2.54. The van der Waals surface area contributed by atoms with Gasteiger partial charge in [-0.05, 0) is 25.0 Å². The number of hydrogen-bond acceptors (Lipinski definition) is 4. The van der Waals surface area contributed by atoms with Gasteiger partial charge >= 0.3 is 0 Å². The van der Waals surface area contributed by atoms with Gasteiger partial charge in [-0.1, -0.05) is 36.4 Å². The van der Waals surface area contributed by atoms with Gasteiger partial charge in [0.05, 0.1) is 11.5 Å². The molecule has 0 bridgehead atoms. The van der Waals surface area contributed by atoms with Crippen molar-refractivity contribution in [1.29, 1.82) is 0 Å². The molecule has 0 saturated carbocycles. The van der Waals surface area contributed by atoms with E-state index in [4.69, 9.17) is 0 Å². The van der Waals surface area contributed by atoms with Crippen molar-refractivity contribution < 1.29 is 14.8 Å². The van der Waals surface area contributed by atoms with Crippen LogP contribution in [0.1, 0.15) is 28.4 Å². The third-order valence-electron chi connectivity index (χ3n) is 3.67. The minimum Gasteiger partial charge on any atom is -0.384 e. The van der Waals surface area contributed by atoms with Crippen LogP contribution in [0.3, 0.4) is 0 Å². The lowest BCUT2D eigenvalue weighted by Crippen LogP contribution is -2.38. The van der Waals surface area contributed by atoms with Crippen LogP contribution in [0.15, 0.2) is 48.5 Å². The van der Waals surface area contributed by atoms with Gasteiger partial charge < -0.3 is 10.4 Å². The quantitative estimate of drug-likeness (QED) is 0.655. The van der Waals surface area contributed by atoms with Crippen molar-refractivity contribution in [2.75, 3.05) is 6.54 Å². The Hall–Kier alpha value is -2.73. The summed E-state index contributed by atoms with van der Waals surface area (Å²) in [6.07, 6.45) is 0. The van der Waals surface area contributed by atoms with Crippen molar-refractivity contribution in [2.24, 2.45) is 0 Å². The van der Waals surface area contributed by atoms with Gasteiger partial charge in [0.25, 0.3) is 11.6 Å². The zero-order valence-corrected chi connectivity index (χ0v) is 12.9. The number of non-ortho nitro benzene ring substituents is 1. The van der Waals surface area contributed by atoms with Gasteiger partial charge in [0.2, 0.25) is 0 Å². The van der Waals surface area contributed by atoms with Gasteiger partial charge in [-0.15, -0.1) is 0 Å². The summed E-state index contributed by atoms with van der Waals surface area (Å²) >= 11 is 0. The molecular weight excluding hydrogens is 296 g/mol. The normalized spacial score (nSPS) is 13.2. The molecule has 23 heavy (non-hydrogen) atoms. The van der Waals surface area contributed by atoms with E-state index in [-0.39, 0.29) is 17.8 Å². The van der Waals surface area contributed by atoms with Crippen LogP contribution in [-0.2, 0) is 5.60 Å². The number of amides is 1. The summed E-state index contributed by atoms with van der Waals surface area (Å²) in [5, 5.41) is 23.9. The number of aliphatic hydroxyl groups is 1. The SMILES string of the molecule is Cc1ccc([N+](=O)[O-])cc1C(=O)NCC(C)(O)c1ccccc1. The molecule has 0 spiro atoms. The summed E-state index contributed by atoms with van der Waals surface area (Å²) in [7, 11) is 0. The van der Waals surface area contributed by atoms with Crippen LogP contribution in [-0.4, -0.2) is 22.5 Å². The number of nitro groups is 1. The molecule has 6 nitrogen and oxygen atoms in total. The number of nitrogens with zero attached hydrogens (tertiary/aromatic N) is 1. The molecule has 0 heterocycles. The summed E-state index contributed by atoms with van der Waals surface area (Å²) < 4.78 is 0. The van der Waals surface area contributed by atoms with E-state index in [9.17, 15) is 20.0 Å². The van der Waals surface area contributed by atoms with Crippen molar-refractivity contribution in [3.8, 4) is 0 Å². The van der Waals surface area contributed by atoms with Crippen LogP contribution in [0.5, 0.6) is 0 Å². The molecule has 0 aliphatic carbocycles. The summed E-state index contributed by atoms with van der Waals surface area (Å²) in [6, 6.07) is 13.1. The number of carbonyl (C=O) groups is 1. The van der Waals surface area contributed by atoms with Gasteiger partial charge in [0.15, 0.2) is 0 Å². The molecule has 1 atom stereocenters. The molecule has 2 aromatic rings. The van der Waals surface area contributed by atoms with Crippen molar-refractivity contribution in [3.63, 3.8) is 0 Å². The van der Waals surface area contributed by atoms with E-state index in [2.05, 4.69) is 5.32 Å². The number of rotatable bonds is 5. The molecule has 1 unspecified atom stereocenters. The van der Waals surface area contributed by atoms with Crippen molar-refractivity contribution in [1.82, 2.24) is 5.32 Å². The minimum absolute atomic E-state index is 0.00201. The second-order valence-corrected chi connectivity index (χ2v) is 5.58. The van der Waals surface area contributed by atoms with Crippen LogP contribution in [0.25, 0.3) is 0 Å². The van der Waals surface area contributed by atoms with Crippen LogP contribution >= 0.6 is 0 Å². The number of nitro benzene ring substituents is 1. The predicted molar refractivity (Wildman–Crippen MR) is 86.2 cm³/mol. The van der Waals surface area contributed by atoms with Crippen LogP contribution in [0.4, 0.5) is 5.69 Å². The molecule has 120 valence electrons. The molecular formula is C17H18N2O4. The van der Waals surface area contributed by atoms with Gasteiger partial charge in [0, 0.05) is 17.7 Å². The Morgan fingerprint density at radius 3 is 2.52 bits per heavy atom. The molecule has 0 radical (unpaired) electrons. The van der Waals surface area contributed by atoms with Crippen LogP contribution in [0.2, 0.25) is 0 Å². The van der Waals surface area contributed by atoms with E-state index in [1.54, 1.807) is 38.1 Å². The van der Waals surface area contributed by atoms with E-state index >= 15 is 0 Å². The molecule has 0 aliphatic heterocycles. The first-order chi connectivity index (χ1) is 10.8. The van der Waals surface area contributed by atoms with E-state index in [0.29, 0.717) is 11.1 Å². The summed E-state index contributed by atoms with van der Waals surface area (Å²) in [6.45, 7) is 3.30. The van der Waals surface area contributed by atoms with Gasteiger partial charge in [-0.25, -0.2) is 0 Å². The Labute approximate surface area is 133 Å². The highest BCUT2D eigenvalue weighted by atomic mass is 16.6. The maximum atomic E-state index is 12.3. The molecule has 2 aromatic carbocycles. The van der Waals surface area contributed by atoms with Crippen LogP contribution < -0.4 is 5.32 Å². The highest BCUT2D eigenvalue weighted by molar-refractivity contribution is 5.96. The molecule has 6 heteroatoms. The number of hydrogen-bond donors (Lipinski definition) is 2. The summed E-state index contributed by atoms with van der Waals surface area (Å²) in [5.41, 5.74) is 0.160. The van der Waals surface area contributed by atoms with E-state index in [1.807, 2.05) is 6.07 Å². The Kier molecular flexibility index (Phi) is 4.76. The fraction of sp³-hybridized carbons (Fsp3) is 0.235. The lowest BCUT2D eigenvalue weighted by Gasteiger charge is -2.24. The largest absolute Gasteiger partial charge is 0.384 e. The zero-order valence-electron chi connectivity index (χ0n) is 12.9. The molecule has 2 rings (SSSR count). The second kappa shape index (κ2) is 6.58. The Morgan fingerprint density at radius 2 is 1.91 bits per heavy atom. The molecule has 0 fully saturated rings. The van der Waals surface area contributed by atoms with Gasteiger partial charge in [-0.2, -0.15) is 0 Å². The third-order valence-corrected chi connectivity index (χ3v) is 3.67. The Balaban J connectivity index is 2.14.